The van der Waals surface area contributed by atoms with Crippen LogP contribution >= 0.6 is 0 Å². The Balaban J connectivity index is 1.56. The van der Waals surface area contributed by atoms with Gasteiger partial charge < -0.3 is 0 Å². The zero-order valence-corrected chi connectivity index (χ0v) is 15.2. The molecule has 128 valence electrons. The van der Waals surface area contributed by atoms with Crippen LogP contribution in [0.3, 0.4) is 0 Å². The van der Waals surface area contributed by atoms with Gasteiger partial charge in [-0.25, -0.2) is 12.7 Å². The van der Waals surface area contributed by atoms with E-state index in [1.807, 2.05) is 0 Å². The monoisotopic (exact) mass is 336 g/mol. The molecule has 2 aliphatic heterocycles. The van der Waals surface area contributed by atoms with Crippen LogP contribution in [-0.2, 0) is 10.0 Å². The van der Waals surface area contributed by atoms with Gasteiger partial charge in [0.25, 0.3) is 0 Å². The van der Waals surface area contributed by atoms with Crippen LogP contribution in [0.1, 0.15) is 38.7 Å². The second-order valence-corrected chi connectivity index (χ2v) is 9.82. The van der Waals surface area contributed by atoms with Crippen LogP contribution in [0.15, 0.2) is 30.3 Å². The van der Waals surface area contributed by atoms with Crippen molar-refractivity contribution in [1.82, 2.24) is 9.21 Å². The molecule has 2 heterocycles. The molecule has 3 atom stereocenters. The van der Waals surface area contributed by atoms with Crippen LogP contribution in [0.2, 0.25) is 0 Å². The van der Waals surface area contributed by atoms with E-state index in [-0.39, 0.29) is 5.25 Å². The summed E-state index contributed by atoms with van der Waals surface area (Å²) in [7, 11) is -3.09. The second kappa shape index (κ2) is 6.54. The largest absolute Gasteiger partial charge is 0.299 e. The Morgan fingerprint density at radius 2 is 1.83 bits per heavy atom. The van der Waals surface area contributed by atoms with E-state index in [1.54, 1.807) is 18.2 Å². The summed E-state index contributed by atoms with van der Waals surface area (Å²) in [6.07, 6.45) is 0.970. The molecule has 3 rings (SSSR count). The van der Waals surface area contributed by atoms with Gasteiger partial charge >= 0.3 is 0 Å². The fourth-order valence-electron chi connectivity index (χ4n) is 3.92. The van der Waals surface area contributed by atoms with E-state index in [0.717, 1.165) is 19.5 Å². The van der Waals surface area contributed by atoms with Gasteiger partial charge in [0.2, 0.25) is 10.0 Å². The Morgan fingerprint density at radius 3 is 2.43 bits per heavy atom. The van der Waals surface area contributed by atoms with Crippen molar-refractivity contribution in [3.05, 3.63) is 35.9 Å². The number of hydrogen-bond acceptors (Lipinski definition) is 3. The first-order chi connectivity index (χ1) is 10.9. The summed E-state index contributed by atoms with van der Waals surface area (Å²) < 4.78 is 26.4. The summed E-state index contributed by atoms with van der Waals surface area (Å²) in [6.45, 7) is 9.32. The normalized spacial score (nSPS) is 27.5. The highest BCUT2D eigenvalue weighted by Gasteiger charge is 2.45. The van der Waals surface area contributed by atoms with E-state index in [1.165, 1.54) is 5.56 Å². The minimum atomic E-state index is -3.09. The lowest BCUT2D eigenvalue weighted by molar-refractivity contribution is -0.0273. The number of sulfonamides is 1. The van der Waals surface area contributed by atoms with E-state index in [0.29, 0.717) is 31.0 Å². The minimum Gasteiger partial charge on any atom is -0.299 e. The molecule has 5 heteroatoms. The molecule has 0 unspecified atom stereocenters. The second-order valence-electron chi connectivity index (χ2n) is 7.33. The van der Waals surface area contributed by atoms with Gasteiger partial charge in [-0.05, 0) is 31.7 Å². The predicted molar refractivity (Wildman–Crippen MR) is 94.0 cm³/mol. The van der Waals surface area contributed by atoms with Gasteiger partial charge in [0.05, 0.1) is 5.25 Å². The van der Waals surface area contributed by atoms with Gasteiger partial charge in [-0.3, -0.25) is 4.90 Å². The smallest absolute Gasteiger partial charge is 0.216 e. The van der Waals surface area contributed by atoms with Gasteiger partial charge in [0.15, 0.2) is 0 Å². The highest BCUT2D eigenvalue weighted by Crippen LogP contribution is 2.35. The van der Waals surface area contributed by atoms with E-state index < -0.39 is 10.0 Å². The highest BCUT2D eigenvalue weighted by atomic mass is 32.2. The molecule has 0 amide bonds. The fourth-order valence-corrected chi connectivity index (χ4v) is 5.28. The lowest BCUT2D eigenvalue weighted by Crippen LogP contribution is -2.64. The summed E-state index contributed by atoms with van der Waals surface area (Å²) >= 11 is 0. The molecule has 1 aromatic rings. The molecule has 2 aliphatic rings. The molecule has 0 spiro atoms. The van der Waals surface area contributed by atoms with Crippen molar-refractivity contribution < 1.29 is 8.42 Å². The van der Waals surface area contributed by atoms with Gasteiger partial charge in [-0.15, -0.1) is 0 Å². The number of likely N-dealkylation sites (tertiary alicyclic amines) is 1. The maximum absolute atomic E-state index is 12.3. The van der Waals surface area contributed by atoms with Crippen molar-refractivity contribution >= 4 is 10.0 Å². The Kier molecular flexibility index (Phi) is 4.81. The first-order valence-corrected chi connectivity index (χ1v) is 10.2. The van der Waals surface area contributed by atoms with Crippen molar-refractivity contribution in [2.75, 3.05) is 26.2 Å². The summed E-state index contributed by atoms with van der Waals surface area (Å²) in [5, 5.41) is -0.312. The quantitative estimate of drug-likeness (QED) is 0.830. The first kappa shape index (κ1) is 16.9. The molecule has 2 saturated heterocycles. The lowest BCUT2D eigenvalue weighted by Gasteiger charge is -2.54. The van der Waals surface area contributed by atoms with Crippen molar-refractivity contribution in [2.45, 2.75) is 44.4 Å². The number of nitrogens with zero attached hydrogens (tertiary/aromatic N) is 2. The molecule has 0 bridgehead atoms. The number of piperidine rings is 1. The minimum absolute atomic E-state index is 0.312. The van der Waals surface area contributed by atoms with Crippen molar-refractivity contribution in [3.63, 3.8) is 0 Å². The van der Waals surface area contributed by atoms with Crippen LogP contribution in [0, 0.1) is 5.92 Å². The SMILES string of the molecule is CC(C)S(=O)(=O)N1CC[C@H]2[C@H](CN2C[C@@H](C)c2ccccc2)C1. The van der Waals surface area contributed by atoms with Gasteiger partial charge in [0, 0.05) is 38.1 Å². The zero-order chi connectivity index (χ0) is 16.6. The molecule has 0 saturated carbocycles. The van der Waals surface area contributed by atoms with E-state index in [9.17, 15) is 8.42 Å². The molecular formula is C18H28N2O2S. The Bertz CT molecular complexity index is 630. The predicted octanol–water partition coefficient (Wildman–Crippen LogP) is 2.53. The van der Waals surface area contributed by atoms with Gasteiger partial charge in [-0.2, -0.15) is 0 Å². The Labute approximate surface area is 140 Å². The van der Waals surface area contributed by atoms with Crippen LogP contribution < -0.4 is 0 Å². The molecular weight excluding hydrogens is 308 g/mol. The van der Waals surface area contributed by atoms with Crippen LogP contribution in [0.4, 0.5) is 0 Å². The number of hydrogen-bond donors (Lipinski definition) is 0. The van der Waals surface area contributed by atoms with E-state index >= 15 is 0 Å². The molecule has 0 radical (unpaired) electrons. The maximum Gasteiger partial charge on any atom is 0.216 e. The highest BCUT2D eigenvalue weighted by molar-refractivity contribution is 7.89. The fraction of sp³-hybridized carbons (Fsp3) is 0.667. The third kappa shape index (κ3) is 3.32. The topological polar surface area (TPSA) is 40.6 Å². The average molecular weight is 337 g/mol. The number of benzene rings is 1. The molecule has 4 nitrogen and oxygen atoms in total. The molecule has 0 aliphatic carbocycles. The summed E-state index contributed by atoms with van der Waals surface area (Å²) in [6, 6.07) is 11.2. The molecule has 23 heavy (non-hydrogen) atoms. The Morgan fingerprint density at radius 1 is 1.13 bits per heavy atom. The standard InChI is InChI=1S/C18H28N2O2S/c1-14(2)23(21,22)20-10-9-18-17(13-20)12-19(18)11-15(3)16-7-5-4-6-8-16/h4-8,14-15,17-18H,9-13H2,1-3H3/t15-,17-,18+/m1/s1. The van der Waals surface area contributed by atoms with E-state index in [4.69, 9.17) is 0 Å². The Hall–Kier alpha value is -0.910. The summed E-state index contributed by atoms with van der Waals surface area (Å²) in [4.78, 5) is 2.54. The lowest BCUT2D eigenvalue weighted by atomic mass is 9.82. The van der Waals surface area contributed by atoms with Crippen molar-refractivity contribution in [3.8, 4) is 0 Å². The van der Waals surface area contributed by atoms with Gasteiger partial charge in [0.1, 0.15) is 0 Å². The molecule has 0 aromatic heterocycles. The average Bonchev–Trinajstić information content (AvgIpc) is 2.52. The summed E-state index contributed by atoms with van der Waals surface area (Å²) in [5.74, 6) is 1.04. The van der Waals surface area contributed by atoms with E-state index in [2.05, 4.69) is 42.2 Å². The zero-order valence-electron chi connectivity index (χ0n) is 14.4. The number of rotatable bonds is 5. The number of fused-ring (bicyclic) bond motifs is 1. The summed E-state index contributed by atoms with van der Waals surface area (Å²) in [5.41, 5.74) is 1.38. The third-order valence-electron chi connectivity index (χ3n) is 5.43. The van der Waals surface area contributed by atoms with Crippen molar-refractivity contribution in [1.29, 1.82) is 0 Å². The van der Waals surface area contributed by atoms with Crippen LogP contribution in [0.25, 0.3) is 0 Å². The van der Waals surface area contributed by atoms with Crippen LogP contribution in [0.5, 0.6) is 0 Å². The molecule has 0 N–H and O–H groups in total. The molecule has 1 aromatic carbocycles. The van der Waals surface area contributed by atoms with Crippen molar-refractivity contribution in [2.24, 2.45) is 5.92 Å². The first-order valence-electron chi connectivity index (χ1n) is 8.67. The van der Waals surface area contributed by atoms with Crippen LogP contribution in [-0.4, -0.2) is 55.1 Å². The van der Waals surface area contributed by atoms with Gasteiger partial charge in [-0.1, -0.05) is 37.3 Å². The third-order valence-corrected chi connectivity index (χ3v) is 7.67. The molecule has 2 fully saturated rings. The maximum atomic E-state index is 12.3.